The normalized spacial score (nSPS) is 17.1. The minimum absolute atomic E-state index is 0.0131. The fourth-order valence-electron chi connectivity index (χ4n) is 8.01. The molecular formula is C46H47N11O4. The topological polar surface area (TPSA) is 187 Å². The minimum Gasteiger partial charge on any atom is -0.493 e. The molecule has 0 radical (unpaired) electrons. The molecule has 0 spiro atoms. The van der Waals surface area contributed by atoms with E-state index in [1.807, 2.05) is 54.6 Å². The van der Waals surface area contributed by atoms with Crippen LogP contribution in [0, 0.1) is 0 Å². The molecule has 0 aliphatic carbocycles. The van der Waals surface area contributed by atoms with Gasteiger partial charge in [0, 0.05) is 66.0 Å². The van der Waals surface area contributed by atoms with E-state index < -0.39 is 5.60 Å². The van der Waals surface area contributed by atoms with Gasteiger partial charge in [-0.3, -0.25) is 20.2 Å². The van der Waals surface area contributed by atoms with Crippen molar-refractivity contribution >= 4 is 33.4 Å². The van der Waals surface area contributed by atoms with Crippen LogP contribution in [-0.4, -0.2) is 107 Å². The fourth-order valence-corrected chi connectivity index (χ4v) is 8.01. The molecule has 1 aromatic carbocycles. The Kier molecular flexibility index (Phi) is 10.8. The molecule has 2 aliphatic heterocycles. The third kappa shape index (κ3) is 7.98. The van der Waals surface area contributed by atoms with E-state index in [4.69, 9.17) is 19.4 Å². The summed E-state index contributed by atoms with van der Waals surface area (Å²) in [5.74, 6) is 1.70. The lowest BCUT2D eigenvalue weighted by Gasteiger charge is -2.34. The van der Waals surface area contributed by atoms with Crippen LogP contribution in [0.2, 0.25) is 0 Å². The number of hydrogen-bond acceptors (Lipinski definition) is 13. The van der Waals surface area contributed by atoms with Gasteiger partial charge in [0.1, 0.15) is 34.1 Å². The molecule has 8 aromatic rings. The summed E-state index contributed by atoms with van der Waals surface area (Å²) in [5.41, 5.74) is 8.19. The maximum atomic E-state index is 10.6. The van der Waals surface area contributed by atoms with E-state index in [1.54, 1.807) is 44.8 Å². The molecule has 61 heavy (non-hydrogen) atoms. The zero-order valence-electron chi connectivity index (χ0n) is 34.4. The number of aromatic hydroxyl groups is 1. The van der Waals surface area contributed by atoms with Crippen molar-refractivity contribution < 1.29 is 19.7 Å². The molecule has 2 fully saturated rings. The van der Waals surface area contributed by atoms with E-state index in [9.17, 15) is 10.2 Å². The van der Waals surface area contributed by atoms with E-state index in [-0.39, 0.29) is 18.0 Å². The van der Waals surface area contributed by atoms with Gasteiger partial charge in [0.2, 0.25) is 5.88 Å². The summed E-state index contributed by atoms with van der Waals surface area (Å²) in [6.07, 6.45) is 8.54. The Bertz CT molecular complexity index is 2790. The van der Waals surface area contributed by atoms with E-state index in [2.05, 4.69) is 77.2 Å². The molecule has 4 N–H and O–H groups in total. The maximum Gasteiger partial charge on any atom is 0.218 e. The number of anilines is 2. The molecule has 15 nitrogen and oxygen atoms in total. The molecule has 7 aromatic heterocycles. The average molecular weight is 818 g/mol. The van der Waals surface area contributed by atoms with Crippen molar-refractivity contribution in [2.24, 2.45) is 0 Å². The van der Waals surface area contributed by atoms with Crippen LogP contribution in [-0.2, 0) is 15.1 Å². The predicted molar refractivity (Wildman–Crippen MR) is 235 cm³/mol. The number of aromatic nitrogens is 9. The first-order valence-electron chi connectivity index (χ1n) is 20.4. The standard InChI is InChI=1S/C25H27N5O2.C21H20N6O2/c1-16-15-32-12-11-30(16)22-14-20(17-5-4-6-18(13-17)25(2,3)31)19-7-9-26-24(23(19)28-22)21-8-10-27-29-21;1-13-12-29-10-9-27(13)18-11-16(15-3-2-6-23-21(15)28)14-4-7-22-20(19(14)25-18)17-5-8-24-26-17/h4-10,13-14,16,31H,11-12,15H2,1-3H3,(H,27,29);2-8,11,13H,9-10,12H2,1H3,(H,23,28)(H,24,26)/t16-;13-/m11/s1. The highest BCUT2D eigenvalue weighted by molar-refractivity contribution is 6.03. The van der Waals surface area contributed by atoms with Gasteiger partial charge in [-0.15, -0.1) is 0 Å². The second kappa shape index (κ2) is 16.7. The third-order valence-electron chi connectivity index (χ3n) is 11.2. The number of aliphatic hydroxyl groups is 1. The molecule has 9 heterocycles. The van der Waals surface area contributed by atoms with Gasteiger partial charge in [0.05, 0.1) is 55.5 Å². The number of benzene rings is 1. The van der Waals surface area contributed by atoms with E-state index in [0.717, 1.165) is 85.9 Å². The highest BCUT2D eigenvalue weighted by atomic mass is 16.5. The van der Waals surface area contributed by atoms with E-state index in [0.29, 0.717) is 37.7 Å². The Labute approximate surface area is 352 Å². The summed E-state index contributed by atoms with van der Waals surface area (Å²) in [5, 5.41) is 37.1. The van der Waals surface area contributed by atoms with Crippen molar-refractivity contribution in [1.29, 1.82) is 0 Å². The number of rotatable bonds is 7. The first kappa shape index (κ1) is 39.6. The Balaban J connectivity index is 0.000000157. The quantitative estimate of drug-likeness (QED) is 0.127. The second-order valence-corrected chi connectivity index (χ2v) is 15.9. The number of morpholine rings is 2. The van der Waals surface area contributed by atoms with E-state index >= 15 is 0 Å². The highest BCUT2D eigenvalue weighted by Crippen LogP contribution is 2.39. The Morgan fingerprint density at radius 3 is 1.74 bits per heavy atom. The smallest absolute Gasteiger partial charge is 0.218 e. The predicted octanol–water partition coefficient (Wildman–Crippen LogP) is 7.15. The lowest BCUT2D eigenvalue weighted by Crippen LogP contribution is -2.44. The van der Waals surface area contributed by atoms with Crippen LogP contribution in [0.4, 0.5) is 11.6 Å². The lowest BCUT2D eigenvalue weighted by molar-refractivity contribution is 0.0786. The summed E-state index contributed by atoms with van der Waals surface area (Å²) < 4.78 is 11.2. The molecular weight excluding hydrogens is 771 g/mol. The number of H-pyrrole nitrogens is 2. The van der Waals surface area contributed by atoms with Gasteiger partial charge in [-0.05, 0) is 99.0 Å². The number of nitrogens with zero attached hydrogens (tertiary/aromatic N) is 9. The van der Waals surface area contributed by atoms with Crippen molar-refractivity contribution in [3.8, 4) is 50.9 Å². The molecule has 15 heteroatoms. The van der Waals surface area contributed by atoms with Crippen molar-refractivity contribution in [3.63, 3.8) is 0 Å². The van der Waals surface area contributed by atoms with E-state index in [1.165, 1.54) is 0 Å². The number of aromatic amines is 2. The van der Waals surface area contributed by atoms with Gasteiger partial charge in [0.15, 0.2) is 0 Å². The molecule has 2 aliphatic rings. The van der Waals surface area contributed by atoms with Crippen molar-refractivity contribution in [3.05, 3.63) is 109 Å². The van der Waals surface area contributed by atoms with Gasteiger partial charge in [-0.2, -0.15) is 10.2 Å². The van der Waals surface area contributed by atoms with Gasteiger partial charge in [-0.1, -0.05) is 18.2 Å². The largest absolute Gasteiger partial charge is 0.493 e. The number of pyridine rings is 5. The summed E-state index contributed by atoms with van der Waals surface area (Å²) in [4.78, 5) is 27.8. The Morgan fingerprint density at radius 2 is 1.21 bits per heavy atom. The average Bonchev–Trinajstić information content (AvgIpc) is 4.02. The number of ether oxygens (including phenoxy) is 2. The van der Waals surface area contributed by atoms with Gasteiger partial charge >= 0.3 is 0 Å². The third-order valence-corrected chi connectivity index (χ3v) is 11.2. The van der Waals surface area contributed by atoms with Crippen LogP contribution in [0.1, 0.15) is 33.3 Å². The first-order valence-corrected chi connectivity index (χ1v) is 20.4. The van der Waals surface area contributed by atoms with Crippen LogP contribution in [0.25, 0.3) is 66.8 Å². The minimum atomic E-state index is -0.928. The van der Waals surface area contributed by atoms with Crippen molar-refractivity contribution in [1.82, 2.24) is 45.3 Å². The summed E-state index contributed by atoms with van der Waals surface area (Å²) >= 11 is 0. The van der Waals surface area contributed by atoms with Crippen molar-refractivity contribution in [2.45, 2.75) is 45.4 Å². The molecule has 2 atom stereocenters. The number of fused-ring (bicyclic) bond motifs is 2. The molecule has 0 saturated carbocycles. The molecule has 310 valence electrons. The summed E-state index contributed by atoms with van der Waals surface area (Å²) in [6, 6.07) is 24.0. The Morgan fingerprint density at radius 1 is 0.639 bits per heavy atom. The molecule has 10 rings (SSSR count). The Hall–Kier alpha value is -6.81. The zero-order valence-corrected chi connectivity index (χ0v) is 34.4. The van der Waals surface area contributed by atoms with Crippen LogP contribution >= 0.6 is 0 Å². The van der Waals surface area contributed by atoms with Crippen LogP contribution in [0.5, 0.6) is 5.88 Å². The molecule has 0 bridgehead atoms. The second-order valence-electron chi connectivity index (χ2n) is 15.9. The van der Waals surface area contributed by atoms with Crippen molar-refractivity contribution in [2.75, 3.05) is 49.3 Å². The fraction of sp³-hybridized carbons (Fsp3) is 0.283. The van der Waals surface area contributed by atoms with Gasteiger partial charge in [0.25, 0.3) is 0 Å². The first-order chi connectivity index (χ1) is 29.6. The molecule has 0 amide bonds. The van der Waals surface area contributed by atoms with Crippen LogP contribution in [0.3, 0.4) is 0 Å². The maximum absolute atomic E-state index is 10.6. The zero-order chi connectivity index (χ0) is 42.1. The SMILES string of the molecule is C[C@@H]1COCCN1c1cc(-c2cccc(C(C)(C)O)c2)c2ccnc(-c3ccn[nH]3)c2n1.C[C@@H]1COCCN1c1cc(-c2cccnc2O)c2ccnc(-c3ccn[nH]3)c2n1. The van der Waals surface area contributed by atoms with Crippen LogP contribution in [0.15, 0.2) is 104 Å². The summed E-state index contributed by atoms with van der Waals surface area (Å²) in [6.45, 7) is 12.0. The van der Waals surface area contributed by atoms with Crippen LogP contribution < -0.4 is 9.80 Å². The number of nitrogens with one attached hydrogen (secondary N) is 2. The van der Waals surface area contributed by atoms with Gasteiger partial charge < -0.3 is 29.5 Å². The molecule has 2 saturated heterocycles. The number of hydrogen-bond donors (Lipinski definition) is 4. The lowest BCUT2D eigenvalue weighted by atomic mass is 9.93. The van der Waals surface area contributed by atoms with Gasteiger partial charge in [-0.25, -0.2) is 15.0 Å². The molecule has 0 unspecified atom stereocenters. The highest BCUT2D eigenvalue weighted by Gasteiger charge is 2.26. The summed E-state index contributed by atoms with van der Waals surface area (Å²) in [7, 11) is 0. The monoisotopic (exact) mass is 817 g/mol.